The van der Waals surface area contributed by atoms with Crippen molar-refractivity contribution in [3.8, 4) is 0 Å². The first-order chi connectivity index (χ1) is 12.8. The van der Waals surface area contributed by atoms with Crippen LogP contribution in [0.4, 0.5) is 10.1 Å². The van der Waals surface area contributed by atoms with E-state index >= 15 is 0 Å². The molecule has 0 radical (unpaired) electrons. The van der Waals surface area contributed by atoms with E-state index in [4.69, 9.17) is 0 Å². The molecule has 0 aliphatic carbocycles. The molecule has 1 atom stereocenters. The van der Waals surface area contributed by atoms with Gasteiger partial charge in [-0.3, -0.25) is 9.52 Å². The molecule has 0 aromatic heterocycles. The number of halogens is 1. The number of rotatable bonds is 6. The van der Waals surface area contributed by atoms with Crippen molar-refractivity contribution in [2.45, 2.75) is 30.7 Å². The standard InChI is InChI=1S/C19H22FN3O3S/c1-13-11-15(20)6-9-18(13)27(25,26)23-16-7-4-14(5-8-16)19(24)22-12-17-3-2-10-21-17/h4-9,11,17,21,23H,2-3,10,12H2,1H3,(H,22,24). The van der Waals surface area contributed by atoms with Crippen LogP contribution in [0.5, 0.6) is 0 Å². The molecule has 1 fully saturated rings. The molecule has 27 heavy (non-hydrogen) atoms. The van der Waals surface area contributed by atoms with Crippen LogP contribution >= 0.6 is 0 Å². The first kappa shape index (κ1) is 19.3. The number of carbonyl (C=O) groups is 1. The van der Waals surface area contributed by atoms with E-state index in [0.29, 0.717) is 29.4 Å². The predicted molar refractivity (Wildman–Crippen MR) is 102 cm³/mol. The molecule has 1 aliphatic heterocycles. The second-order valence-electron chi connectivity index (χ2n) is 6.60. The lowest BCUT2D eigenvalue weighted by Crippen LogP contribution is -2.37. The molecule has 0 spiro atoms. The van der Waals surface area contributed by atoms with Gasteiger partial charge in [-0.15, -0.1) is 0 Å². The van der Waals surface area contributed by atoms with Gasteiger partial charge in [0.2, 0.25) is 0 Å². The Balaban J connectivity index is 1.65. The minimum atomic E-state index is -3.84. The third kappa shape index (κ3) is 4.84. The fourth-order valence-electron chi connectivity index (χ4n) is 3.06. The summed E-state index contributed by atoms with van der Waals surface area (Å²) in [6, 6.07) is 9.98. The number of carbonyl (C=O) groups excluding carboxylic acids is 1. The zero-order valence-electron chi connectivity index (χ0n) is 15.0. The van der Waals surface area contributed by atoms with Crippen molar-refractivity contribution in [3.05, 3.63) is 59.4 Å². The molecule has 144 valence electrons. The molecule has 8 heteroatoms. The normalized spacial score (nSPS) is 16.9. The van der Waals surface area contributed by atoms with E-state index in [1.54, 1.807) is 12.1 Å². The summed E-state index contributed by atoms with van der Waals surface area (Å²) in [7, 11) is -3.84. The second kappa shape index (κ2) is 8.06. The first-order valence-corrected chi connectivity index (χ1v) is 10.2. The monoisotopic (exact) mass is 391 g/mol. The molecule has 1 heterocycles. The van der Waals surface area contributed by atoms with Crippen molar-refractivity contribution < 1.29 is 17.6 Å². The summed E-state index contributed by atoms with van der Waals surface area (Å²) in [5.41, 5.74) is 1.10. The van der Waals surface area contributed by atoms with E-state index in [0.717, 1.165) is 25.5 Å². The summed E-state index contributed by atoms with van der Waals surface area (Å²) in [4.78, 5) is 12.2. The number of nitrogens with one attached hydrogen (secondary N) is 3. The fraction of sp³-hybridized carbons (Fsp3) is 0.316. The lowest BCUT2D eigenvalue weighted by Gasteiger charge is -2.12. The van der Waals surface area contributed by atoms with Gasteiger partial charge in [0.25, 0.3) is 15.9 Å². The lowest BCUT2D eigenvalue weighted by atomic mass is 10.2. The van der Waals surface area contributed by atoms with E-state index in [1.165, 1.54) is 31.2 Å². The van der Waals surface area contributed by atoms with E-state index < -0.39 is 15.8 Å². The van der Waals surface area contributed by atoms with Crippen LogP contribution in [0.2, 0.25) is 0 Å². The highest BCUT2D eigenvalue weighted by atomic mass is 32.2. The summed E-state index contributed by atoms with van der Waals surface area (Å²) < 4.78 is 40.6. The van der Waals surface area contributed by atoms with E-state index in [9.17, 15) is 17.6 Å². The van der Waals surface area contributed by atoms with Gasteiger partial charge in [0.1, 0.15) is 5.82 Å². The van der Waals surface area contributed by atoms with Crippen molar-refractivity contribution >= 4 is 21.6 Å². The fourth-order valence-corrected chi connectivity index (χ4v) is 4.35. The summed E-state index contributed by atoms with van der Waals surface area (Å²) in [5, 5.41) is 6.18. The Kier molecular flexibility index (Phi) is 5.76. The molecular formula is C19H22FN3O3S. The Hall–Kier alpha value is -2.45. The van der Waals surface area contributed by atoms with Crippen LogP contribution in [0.25, 0.3) is 0 Å². The van der Waals surface area contributed by atoms with Crippen LogP contribution in [-0.2, 0) is 10.0 Å². The van der Waals surface area contributed by atoms with Crippen molar-refractivity contribution in [1.29, 1.82) is 0 Å². The van der Waals surface area contributed by atoms with Gasteiger partial charge in [0, 0.05) is 23.8 Å². The molecule has 1 amide bonds. The van der Waals surface area contributed by atoms with Gasteiger partial charge >= 0.3 is 0 Å². The van der Waals surface area contributed by atoms with Gasteiger partial charge in [0.15, 0.2) is 0 Å². The lowest BCUT2D eigenvalue weighted by molar-refractivity contribution is 0.0950. The second-order valence-corrected chi connectivity index (χ2v) is 8.25. The van der Waals surface area contributed by atoms with Crippen molar-refractivity contribution in [2.75, 3.05) is 17.8 Å². The highest BCUT2D eigenvalue weighted by molar-refractivity contribution is 7.92. The zero-order chi connectivity index (χ0) is 19.4. The molecule has 1 aliphatic rings. The number of amides is 1. The minimum Gasteiger partial charge on any atom is -0.350 e. The third-order valence-corrected chi connectivity index (χ3v) is 6.04. The Morgan fingerprint density at radius 1 is 1.22 bits per heavy atom. The van der Waals surface area contributed by atoms with Gasteiger partial charge in [0.05, 0.1) is 4.90 Å². The zero-order valence-corrected chi connectivity index (χ0v) is 15.8. The molecule has 1 unspecified atom stereocenters. The number of anilines is 1. The van der Waals surface area contributed by atoms with Gasteiger partial charge in [-0.25, -0.2) is 12.8 Å². The predicted octanol–water partition coefficient (Wildman–Crippen LogP) is 2.42. The Morgan fingerprint density at radius 3 is 2.59 bits per heavy atom. The van der Waals surface area contributed by atoms with Crippen LogP contribution in [0.3, 0.4) is 0 Å². The van der Waals surface area contributed by atoms with Crippen LogP contribution in [0.1, 0.15) is 28.8 Å². The maximum absolute atomic E-state index is 13.2. The average molecular weight is 391 g/mol. The molecular weight excluding hydrogens is 369 g/mol. The molecule has 3 rings (SSSR count). The van der Waals surface area contributed by atoms with Crippen molar-refractivity contribution in [3.63, 3.8) is 0 Å². The smallest absolute Gasteiger partial charge is 0.262 e. The van der Waals surface area contributed by atoms with Gasteiger partial charge in [-0.05, 0) is 74.3 Å². The molecule has 2 aromatic carbocycles. The minimum absolute atomic E-state index is 0.00906. The average Bonchev–Trinajstić information content (AvgIpc) is 3.13. The Morgan fingerprint density at radius 2 is 1.96 bits per heavy atom. The van der Waals surface area contributed by atoms with Crippen LogP contribution < -0.4 is 15.4 Å². The van der Waals surface area contributed by atoms with Gasteiger partial charge in [-0.1, -0.05) is 0 Å². The number of benzene rings is 2. The van der Waals surface area contributed by atoms with Crippen molar-refractivity contribution in [2.24, 2.45) is 0 Å². The van der Waals surface area contributed by atoms with E-state index in [2.05, 4.69) is 15.4 Å². The molecule has 0 bridgehead atoms. The highest BCUT2D eigenvalue weighted by Gasteiger charge is 2.18. The van der Waals surface area contributed by atoms with Crippen molar-refractivity contribution in [1.82, 2.24) is 10.6 Å². The summed E-state index contributed by atoms with van der Waals surface area (Å²) in [5.74, 6) is -0.692. The molecule has 6 nitrogen and oxygen atoms in total. The number of hydrogen-bond acceptors (Lipinski definition) is 4. The highest BCUT2D eigenvalue weighted by Crippen LogP contribution is 2.20. The van der Waals surface area contributed by atoms with Crippen LogP contribution in [0, 0.1) is 12.7 Å². The van der Waals surface area contributed by atoms with Crippen LogP contribution in [-0.4, -0.2) is 33.5 Å². The topological polar surface area (TPSA) is 87.3 Å². The SMILES string of the molecule is Cc1cc(F)ccc1S(=O)(=O)Nc1ccc(C(=O)NCC2CCCN2)cc1. The largest absolute Gasteiger partial charge is 0.350 e. The quantitative estimate of drug-likeness (QED) is 0.706. The first-order valence-electron chi connectivity index (χ1n) is 8.76. The molecule has 2 aromatic rings. The van der Waals surface area contributed by atoms with Gasteiger partial charge in [-0.2, -0.15) is 0 Å². The maximum atomic E-state index is 13.2. The maximum Gasteiger partial charge on any atom is 0.262 e. The Labute approximate surface area is 158 Å². The number of aryl methyl sites for hydroxylation is 1. The number of sulfonamides is 1. The molecule has 1 saturated heterocycles. The summed E-state index contributed by atoms with van der Waals surface area (Å²) >= 11 is 0. The van der Waals surface area contributed by atoms with Gasteiger partial charge < -0.3 is 10.6 Å². The molecule has 0 saturated carbocycles. The third-order valence-electron chi connectivity index (χ3n) is 4.50. The van der Waals surface area contributed by atoms with Crippen LogP contribution in [0.15, 0.2) is 47.4 Å². The summed E-state index contributed by atoms with van der Waals surface area (Å²) in [6.45, 7) is 3.07. The van der Waals surface area contributed by atoms with E-state index in [-0.39, 0.29) is 10.8 Å². The molecule has 3 N–H and O–H groups in total. The summed E-state index contributed by atoms with van der Waals surface area (Å²) in [6.07, 6.45) is 2.16. The van der Waals surface area contributed by atoms with E-state index in [1.807, 2.05) is 0 Å². The Bertz CT molecular complexity index is 924. The number of hydrogen-bond donors (Lipinski definition) is 3.